The fraction of sp³-hybridized carbons (Fsp3) is 0.571. The Labute approximate surface area is 66.1 Å². The van der Waals surface area contributed by atoms with E-state index < -0.39 is 0 Å². The Kier molecular flexibility index (Phi) is 3.67. The van der Waals surface area contributed by atoms with Gasteiger partial charge in [-0.25, -0.2) is 0 Å². The van der Waals surface area contributed by atoms with Crippen LogP contribution in [-0.2, 0) is 0 Å². The van der Waals surface area contributed by atoms with E-state index in [0.29, 0.717) is 0 Å². The normalized spacial score (nSPS) is 9.27. The van der Waals surface area contributed by atoms with Crippen LogP contribution in [0.2, 0.25) is 0 Å². The number of nitrogens with zero attached hydrogens (tertiary/aromatic N) is 4. The molecular formula is C7H9N4+. The Morgan fingerprint density at radius 3 is 1.36 bits per heavy atom. The topological polar surface area (TPSA) is 71.4 Å². The highest BCUT2D eigenvalue weighted by molar-refractivity contribution is 4.78. The van der Waals surface area contributed by atoms with E-state index in [4.69, 9.17) is 15.8 Å². The molecule has 0 amide bonds. The van der Waals surface area contributed by atoms with Gasteiger partial charge in [-0.15, -0.1) is 0 Å². The van der Waals surface area contributed by atoms with Crippen LogP contribution >= 0.6 is 0 Å². The molecule has 0 aliphatic carbocycles. The highest BCUT2D eigenvalue weighted by Crippen LogP contribution is 1.98. The fourth-order valence-corrected chi connectivity index (χ4v) is 0.680. The summed E-state index contributed by atoms with van der Waals surface area (Å²) in [6, 6.07) is 5.84. The lowest BCUT2D eigenvalue weighted by atomic mass is 10.4. The van der Waals surface area contributed by atoms with Gasteiger partial charge in [-0.3, -0.25) is 4.48 Å². The quantitative estimate of drug-likeness (QED) is 0.419. The van der Waals surface area contributed by atoms with E-state index in [-0.39, 0.29) is 24.1 Å². The summed E-state index contributed by atoms with van der Waals surface area (Å²) in [5.74, 6) is 0. The van der Waals surface area contributed by atoms with Crippen LogP contribution < -0.4 is 0 Å². The van der Waals surface area contributed by atoms with Crippen LogP contribution in [0.3, 0.4) is 0 Å². The van der Waals surface area contributed by atoms with E-state index in [1.165, 1.54) is 0 Å². The zero-order chi connectivity index (χ0) is 8.74. The minimum absolute atomic E-state index is 0.198. The zero-order valence-electron chi connectivity index (χ0n) is 6.41. The van der Waals surface area contributed by atoms with Gasteiger partial charge in [0.05, 0.1) is 7.05 Å². The highest BCUT2D eigenvalue weighted by Gasteiger charge is 2.19. The first-order valence-electron chi connectivity index (χ1n) is 3.13. The smallest absolute Gasteiger partial charge is 0.167 e. The lowest BCUT2D eigenvalue weighted by molar-refractivity contribution is -0.889. The highest BCUT2D eigenvalue weighted by atomic mass is 15.3. The maximum absolute atomic E-state index is 8.37. The van der Waals surface area contributed by atoms with Crippen LogP contribution in [0.15, 0.2) is 0 Å². The first-order chi connectivity index (χ1) is 5.18. The van der Waals surface area contributed by atoms with Gasteiger partial charge >= 0.3 is 0 Å². The molecule has 0 aromatic rings. The van der Waals surface area contributed by atoms with Crippen molar-refractivity contribution in [2.24, 2.45) is 0 Å². The molecule has 0 fully saturated rings. The number of nitriles is 3. The minimum Gasteiger partial charge on any atom is -0.291 e. The minimum atomic E-state index is 0.198. The van der Waals surface area contributed by atoms with Crippen LogP contribution in [0.4, 0.5) is 0 Å². The summed E-state index contributed by atoms with van der Waals surface area (Å²) in [6.45, 7) is 0.628. The fourth-order valence-electron chi connectivity index (χ4n) is 0.680. The molecular weight excluding hydrogens is 140 g/mol. The molecule has 4 nitrogen and oxygen atoms in total. The monoisotopic (exact) mass is 149 g/mol. The SMILES string of the molecule is C[N+](CC#N)(CC#N)CC#N. The summed E-state index contributed by atoms with van der Waals surface area (Å²) in [5.41, 5.74) is 0. The summed E-state index contributed by atoms with van der Waals surface area (Å²) in [7, 11) is 1.72. The third-order valence-corrected chi connectivity index (χ3v) is 1.36. The van der Waals surface area contributed by atoms with Crippen molar-refractivity contribution in [1.29, 1.82) is 15.8 Å². The molecule has 0 saturated carbocycles. The largest absolute Gasteiger partial charge is 0.291 e. The van der Waals surface area contributed by atoms with Gasteiger partial charge in [-0.1, -0.05) is 0 Å². The average Bonchev–Trinajstić information content (AvgIpc) is 1.88. The standard InChI is InChI=1S/C7H9N4/c1-11(5-2-8,6-3-9)7-4-10/h5-7H2,1H3/q+1. The van der Waals surface area contributed by atoms with Gasteiger partial charge in [0.25, 0.3) is 0 Å². The van der Waals surface area contributed by atoms with Gasteiger partial charge in [0.2, 0.25) is 0 Å². The Morgan fingerprint density at radius 1 is 0.909 bits per heavy atom. The first-order valence-corrected chi connectivity index (χ1v) is 3.13. The zero-order valence-corrected chi connectivity index (χ0v) is 6.41. The summed E-state index contributed by atoms with van der Waals surface area (Å²) in [5, 5.41) is 25.1. The van der Waals surface area contributed by atoms with Crippen molar-refractivity contribution in [2.75, 3.05) is 26.7 Å². The van der Waals surface area contributed by atoms with E-state index in [2.05, 4.69) is 0 Å². The van der Waals surface area contributed by atoms with Crippen molar-refractivity contribution in [2.45, 2.75) is 0 Å². The lowest BCUT2D eigenvalue weighted by Crippen LogP contribution is -2.44. The van der Waals surface area contributed by atoms with E-state index >= 15 is 0 Å². The molecule has 0 aromatic heterocycles. The maximum Gasteiger partial charge on any atom is 0.167 e. The van der Waals surface area contributed by atoms with Crippen LogP contribution in [0.5, 0.6) is 0 Å². The Morgan fingerprint density at radius 2 is 1.18 bits per heavy atom. The van der Waals surface area contributed by atoms with Crippen LogP contribution in [0.1, 0.15) is 0 Å². The molecule has 0 unspecified atom stereocenters. The van der Waals surface area contributed by atoms with Gasteiger partial charge in [0.1, 0.15) is 18.2 Å². The summed E-state index contributed by atoms with van der Waals surface area (Å²) >= 11 is 0. The van der Waals surface area contributed by atoms with Crippen molar-refractivity contribution in [3.8, 4) is 18.2 Å². The Bertz CT molecular complexity index is 196. The molecule has 0 aromatic carbocycles. The summed E-state index contributed by atoms with van der Waals surface area (Å²) in [6.07, 6.45) is 0. The molecule has 0 radical (unpaired) electrons. The summed E-state index contributed by atoms with van der Waals surface area (Å²) < 4.78 is 0.198. The van der Waals surface area contributed by atoms with Crippen molar-refractivity contribution in [3.63, 3.8) is 0 Å². The molecule has 0 aliphatic heterocycles. The van der Waals surface area contributed by atoms with Crippen LogP contribution in [0.25, 0.3) is 0 Å². The first kappa shape index (κ1) is 9.43. The maximum atomic E-state index is 8.37. The van der Waals surface area contributed by atoms with Crippen molar-refractivity contribution >= 4 is 0 Å². The van der Waals surface area contributed by atoms with Gasteiger partial charge in [0, 0.05) is 0 Å². The molecule has 56 valence electrons. The Balaban J connectivity index is 4.20. The average molecular weight is 149 g/mol. The molecule has 0 N–H and O–H groups in total. The molecule has 0 atom stereocenters. The predicted octanol–water partition coefficient (Wildman–Crippen LogP) is 0.00374. The van der Waals surface area contributed by atoms with E-state index in [9.17, 15) is 0 Å². The second kappa shape index (κ2) is 4.28. The molecule has 0 saturated heterocycles. The molecule has 0 spiro atoms. The van der Waals surface area contributed by atoms with Crippen LogP contribution in [0, 0.1) is 34.0 Å². The van der Waals surface area contributed by atoms with E-state index in [1.807, 2.05) is 18.2 Å². The molecule has 11 heavy (non-hydrogen) atoms. The van der Waals surface area contributed by atoms with Crippen molar-refractivity contribution < 1.29 is 4.48 Å². The second-order valence-electron chi connectivity index (χ2n) is 2.57. The van der Waals surface area contributed by atoms with E-state index in [0.717, 1.165) is 0 Å². The molecule has 0 heterocycles. The number of hydrogen-bond acceptors (Lipinski definition) is 3. The second-order valence-corrected chi connectivity index (χ2v) is 2.57. The third kappa shape index (κ3) is 3.20. The third-order valence-electron chi connectivity index (χ3n) is 1.36. The van der Waals surface area contributed by atoms with Gasteiger partial charge < -0.3 is 0 Å². The summed E-state index contributed by atoms with van der Waals surface area (Å²) in [4.78, 5) is 0. The molecule has 0 bridgehead atoms. The van der Waals surface area contributed by atoms with Crippen molar-refractivity contribution in [3.05, 3.63) is 0 Å². The lowest BCUT2D eigenvalue weighted by Gasteiger charge is -2.25. The number of quaternary nitrogens is 1. The molecule has 4 heteroatoms. The Hall–Kier alpha value is -1.57. The van der Waals surface area contributed by atoms with E-state index in [1.54, 1.807) is 7.05 Å². The van der Waals surface area contributed by atoms with Crippen molar-refractivity contribution in [1.82, 2.24) is 0 Å². The predicted molar refractivity (Wildman–Crippen MR) is 37.6 cm³/mol. The van der Waals surface area contributed by atoms with Gasteiger partial charge in [-0.05, 0) is 0 Å². The van der Waals surface area contributed by atoms with Gasteiger partial charge in [0.15, 0.2) is 19.6 Å². The van der Waals surface area contributed by atoms with Crippen LogP contribution in [-0.4, -0.2) is 31.2 Å². The van der Waals surface area contributed by atoms with Gasteiger partial charge in [-0.2, -0.15) is 15.8 Å². The molecule has 0 rings (SSSR count). The number of hydrogen-bond donors (Lipinski definition) is 0. The molecule has 0 aliphatic rings. The number of rotatable bonds is 3.